The number of amides is 2. The van der Waals surface area contributed by atoms with E-state index in [9.17, 15) is 9.59 Å². The number of aromatic nitrogens is 1. The molecule has 3 aromatic rings. The van der Waals surface area contributed by atoms with Crippen LogP contribution in [0.25, 0.3) is 10.2 Å². The van der Waals surface area contributed by atoms with E-state index in [1.807, 2.05) is 24.3 Å². The molecule has 0 saturated carbocycles. The van der Waals surface area contributed by atoms with Crippen molar-refractivity contribution in [2.45, 2.75) is 32.1 Å². The normalized spacial score (nSPS) is 13.9. The Morgan fingerprint density at radius 3 is 2.65 bits per heavy atom. The smallest absolute Gasteiger partial charge is 0.285 e. The van der Waals surface area contributed by atoms with Gasteiger partial charge in [-0.1, -0.05) is 18.6 Å². The fourth-order valence-corrected chi connectivity index (χ4v) is 5.46. The van der Waals surface area contributed by atoms with Crippen molar-refractivity contribution in [2.75, 3.05) is 12.4 Å². The number of nitrogens with zero attached hydrogens (tertiary/aromatic N) is 1. The van der Waals surface area contributed by atoms with Crippen molar-refractivity contribution in [1.29, 1.82) is 0 Å². The third-order valence-electron chi connectivity index (χ3n) is 4.59. The van der Waals surface area contributed by atoms with Crippen LogP contribution in [-0.2, 0) is 12.8 Å². The van der Waals surface area contributed by atoms with E-state index in [4.69, 9.17) is 0 Å². The second-order valence-corrected chi connectivity index (χ2v) is 8.42. The average molecular weight is 386 g/mol. The zero-order valence-corrected chi connectivity index (χ0v) is 16.1. The molecule has 0 saturated heterocycles. The summed E-state index contributed by atoms with van der Waals surface area (Å²) in [4.78, 5) is 30.8. The fourth-order valence-electron chi connectivity index (χ4n) is 3.32. The molecule has 0 aliphatic heterocycles. The number of aryl methyl sites for hydroxylation is 1. The van der Waals surface area contributed by atoms with E-state index in [-0.39, 0.29) is 11.8 Å². The highest BCUT2D eigenvalue weighted by molar-refractivity contribution is 7.20. The molecule has 1 aromatic carbocycles. The lowest BCUT2D eigenvalue weighted by Gasteiger charge is -2.07. The molecule has 1 aliphatic carbocycles. The van der Waals surface area contributed by atoms with E-state index < -0.39 is 0 Å². The van der Waals surface area contributed by atoms with Crippen molar-refractivity contribution in [3.8, 4) is 0 Å². The van der Waals surface area contributed by atoms with Crippen LogP contribution in [0.1, 0.15) is 49.9 Å². The van der Waals surface area contributed by atoms with Crippen molar-refractivity contribution >= 4 is 49.7 Å². The summed E-state index contributed by atoms with van der Waals surface area (Å²) in [7, 11) is 1.63. The maximum Gasteiger partial charge on any atom is 0.285 e. The first-order valence-electron chi connectivity index (χ1n) is 8.71. The molecule has 0 atom stereocenters. The number of thiophene rings is 1. The Bertz CT molecular complexity index is 957. The number of hydrogen-bond donors (Lipinski definition) is 2. The summed E-state index contributed by atoms with van der Waals surface area (Å²) >= 11 is 2.90. The summed E-state index contributed by atoms with van der Waals surface area (Å²) in [6.45, 7) is 0. The van der Waals surface area contributed by atoms with Crippen LogP contribution in [0.2, 0.25) is 0 Å². The molecule has 4 rings (SSSR count). The van der Waals surface area contributed by atoms with Crippen LogP contribution in [-0.4, -0.2) is 23.8 Å². The van der Waals surface area contributed by atoms with E-state index in [1.54, 1.807) is 7.05 Å². The molecule has 7 heteroatoms. The van der Waals surface area contributed by atoms with Crippen LogP contribution in [0.5, 0.6) is 0 Å². The summed E-state index contributed by atoms with van der Waals surface area (Å²) in [5, 5.41) is 6.72. The Hall–Kier alpha value is -2.25. The van der Waals surface area contributed by atoms with Crippen LogP contribution in [0.15, 0.2) is 24.3 Å². The molecule has 26 heavy (non-hydrogen) atoms. The van der Waals surface area contributed by atoms with Crippen molar-refractivity contribution < 1.29 is 9.59 Å². The number of rotatable bonds is 3. The highest BCUT2D eigenvalue weighted by atomic mass is 32.1. The fraction of sp³-hybridized carbons (Fsp3) is 0.316. The van der Waals surface area contributed by atoms with Gasteiger partial charge in [-0.15, -0.1) is 22.7 Å². The first-order chi connectivity index (χ1) is 12.7. The number of thiazole rings is 1. The van der Waals surface area contributed by atoms with E-state index in [0.29, 0.717) is 15.6 Å². The Balaban J connectivity index is 1.68. The van der Waals surface area contributed by atoms with Crippen LogP contribution in [0, 0.1) is 0 Å². The highest BCUT2D eigenvalue weighted by Gasteiger charge is 2.26. The molecule has 5 nitrogen and oxygen atoms in total. The summed E-state index contributed by atoms with van der Waals surface area (Å²) in [5.74, 6) is -0.392. The number of carbonyl (C=O) groups is 2. The largest absolute Gasteiger partial charge is 0.355 e. The topological polar surface area (TPSA) is 71.1 Å². The molecule has 2 aromatic heterocycles. The minimum atomic E-state index is -0.257. The lowest BCUT2D eigenvalue weighted by Crippen LogP contribution is -2.21. The van der Waals surface area contributed by atoms with Crippen LogP contribution in [0.4, 0.5) is 5.00 Å². The Labute approximate surface area is 159 Å². The number of carbonyl (C=O) groups excluding carboxylic acids is 2. The summed E-state index contributed by atoms with van der Waals surface area (Å²) < 4.78 is 0.978. The molecule has 2 N–H and O–H groups in total. The summed E-state index contributed by atoms with van der Waals surface area (Å²) in [6, 6.07) is 7.69. The van der Waals surface area contributed by atoms with Crippen LogP contribution in [0.3, 0.4) is 0 Å². The lowest BCUT2D eigenvalue weighted by molar-refractivity contribution is 0.0963. The van der Waals surface area contributed by atoms with Gasteiger partial charge in [-0.25, -0.2) is 4.98 Å². The molecule has 0 radical (unpaired) electrons. The number of nitrogens with one attached hydrogen (secondary N) is 2. The van der Waals surface area contributed by atoms with E-state index in [2.05, 4.69) is 15.6 Å². The van der Waals surface area contributed by atoms with Gasteiger partial charge >= 0.3 is 0 Å². The lowest BCUT2D eigenvalue weighted by atomic mass is 10.0. The van der Waals surface area contributed by atoms with Crippen molar-refractivity contribution in [3.63, 3.8) is 0 Å². The standard InChI is InChI=1S/C19H19N3O2S2/c1-20-16(23)15-11-7-3-2-4-9-13(11)25-18(15)22-17(24)19-21-12-8-5-6-10-14(12)26-19/h5-6,8,10H,2-4,7,9H2,1H3,(H,20,23)(H,22,24). The Morgan fingerprint density at radius 2 is 1.85 bits per heavy atom. The minimum absolute atomic E-state index is 0.135. The zero-order chi connectivity index (χ0) is 18.1. The van der Waals surface area contributed by atoms with Gasteiger partial charge in [0, 0.05) is 11.9 Å². The Kier molecular flexibility index (Phi) is 4.74. The molecular weight excluding hydrogens is 366 g/mol. The van der Waals surface area contributed by atoms with E-state index in [0.717, 1.165) is 41.5 Å². The minimum Gasteiger partial charge on any atom is -0.355 e. The Morgan fingerprint density at radius 1 is 1.04 bits per heavy atom. The molecule has 2 amide bonds. The van der Waals surface area contributed by atoms with E-state index in [1.165, 1.54) is 34.0 Å². The molecule has 1 aliphatic rings. The molecule has 2 heterocycles. The first-order valence-corrected chi connectivity index (χ1v) is 10.3. The first kappa shape index (κ1) is 17.2. The summed E-state index contributed by atoms with van der Waals surface area (Å²) in [5.41, 5.74) is 2.55. The number of para-hydroxylation sites is 1. The van der Waals surface area contributed by atoms with Gasteiger partial charge in [0.1, 0.15) is 5.00 Å². The molecule has 134 valence electrons. The molecular formula is C19H19N3O2S2. The number of benzene rings is 1. The number of hydrogen-bond acceptors (Lipinski definition) is 5. The second-order valence-electron chi connectivity index (χ2n) is 6.29. The molecule has 0 unspecified atom stereocenters. The quantitative estimate of drug-likeness (QED) is 0.663. The molecule has 0 spiro atoms. The van der Waals surface area contributed by atoms with E-state index >= 15 is 0 Å². The van der Waals surface area contributed by atoms with Crippen molar-refractivity contribution in [3.05, 3.63) is 45.3 Å². The van der Waals surface area contributed by atoms with Crippen molar-refractivity contribution in [2.24, 2.45) is 0 Å². The van der Waals surface area contributed by atoms with Gasteiger partial charge in [-0.3, -0.25) is 9.59 Å². The predicted molar refractivity (Wildman–Crippen MR) is 107 cm³/mol. The average Bonchev–Trinajstić information content (AvgIpc) is 3.15. The molecule has 0 bridgehead atoms. The predicted octanol–water partition coefficient (Wildman–Crippen LogP) is 4.24. The van der Waals surface area contributed by atoms with Gasteiger partial charge in [-0.05, 0) is 43.4 Å². The maximum absolute atomic E-state index is 12.7. The molecule has 0 fully saturated rings. The van der Waals surface area contributed by atoms with Crippen LogP contribution >= 0.6 is 22.7 Å². The van der Waals surface area contributed by atoms with Gasteiger partial charge in [0.25, 0.3) is 11.8 Å². The van der Waals surface area contributed by atoms with Crippen molar-refractivity contribution in [1.82, 2.24) is 10.3 Å². The van der Waals surface area contributed by atoms with Crippen LogP contribution < -0.4 is 10.6 Å². The summed E-state index contributed by atoms with van der Waals surface area (Å²) in [6.07, 6.45) is 5.26. The SMILES string of the molecule is CNC(=O)c1c(NC(=O)c2nc3ccccc3s2)sc2c1CCCCC2. The van der Waals surface area contributed by atoms with Gasteiger partial charge in [0.15, 0.2) is 5.01 Å². The zero-order valence-electron chi connectivity index (χ0n) is 14.4. The van der Waals surface area contributed by atoms with Gasteiger partial charge in [0.05, 0.1) is 15.8 Å². The number of fused-ring (bicyclic) bond motifs is 2. The number of anilines is 1. The maximum atomic E-state index is 12.7. The third kappa shape index (κ3) is 3.12. The van der Waals surface area contributed by atoms with Gasteiger partial charge in [-0.2, -0.15) is 0 Å². The van der Waals surface area contributed by atoms with Gasteiger partial charge < -0.3 is 10.6 Å². The third-order valence-corrected chi connectivity index (χ3v) is 6.83. The monoisotopic (exact) mass is 385 g/mol. The van der Waals surface area contributed by atoms with Gasteiger partial charge in [0.2, 0.25) is 0 Å². The highest BCUT2D eigenvalue weighted by Crippen LogP contribution is 2.38. The second kappa shape index (κ2) is 7.17.